The third kappa shape index (κ3) is 1.85. The largest absolute Gasteiger partial charge is 0.331 e. The van der Waals surface area contributed by atoms with Crippen molar-refractivity contribution in [2.24, 2.45) is 12.8 Å². The van der Waals surface area contributed by atoms with E-state index in [0.717, 1.165) is 17.2 Å². The zero-order valence-electron chi connectivity index (χ0n) is 11.8. The third-order valence-corrected chi connectivity index (χ3v) is 3.90. The number of hydrogen-bond acceptors (Lipinski definition) is 2. The Morgan fingerprint density at radius 3 is 2.39 bits per heavy atom. The van der Waals surface area contributed by atoms with Crippen molar-refractivity contribution in [3.63, 3.8) is 0 Å². The molecule has 0 amide bonds. The Morgan fingerprint density at radius 1 is 1.11 bits per heavy atom. The van der Waals surface area contributed by atoms with Crippen LogP contribution in [0.4, 0.5) is 0 Å². The van der Waals surface area contributed by atoms with Crippen LogP contribution in [0.5, 0.6) is 0 Å². The van der Waals surface area contributed by atoms with Gasteiger partial charge in [0.15, 0.2) is 0 Å². The zero-order chi connectivity index (χ0) is 13.4. The van der Waals surface area contributed by atoms with Crippen LogP contribution in [0, 0.1) is 27.7 Å². The molecule has 1 aromatic carbocycles. The van der Waals surface area contributed by atoms with Crippen LogP contribution in [-0.2, 0) is 13.6 Å². The van der Waals surface area contributed by atoms with Gasteiger partial charge in [0, 0.05) is 19.2 Å². The van der Waals surface area contributed by atoms with E-state index in [1.807, 2.05) is 14.0 Å². The zero-order valence-corrected chi connectivity index (χ0v) is 11.8. The van der Waals surface area contributed by atoms with Gasteiger partial charge in [-0.15, -0.1) is 0 Å². The van der Waals surface area contributed by atoms with Crippen molar-refractivity contribution in [3.05, 3.63) is 40.3 Å². The molecule has 0 aliphatic heterocycles. The second-order valence-corrected chi connectivity index (χ2v) is 4.90. The molecule has 0 fully saturated rings. The third-order valence-electron chi connectivity index (χ3n) is 3.90. The predicted molar refractivity (Wildman–Crippen MR) is 75.5 cm³/mol. The van der Waals surface area contributed by atoms with E-state index in [1.54, 1.807) is 0 Å². The van der Waals surface area contributed by atoms with Crippen molar-refractivity contribution in [3.8, 4) is 11.3 Å². The second kappa shape index (κ2) is 4.58. The maximum absolute atomic E-state index is 5.81. The first-order chi connectivity index (χ1) is 8.47. The summed E-state index contributed by atoms with van der Waals surface area (Å²) in [4.78, 5) is 4.54. The second-order valence-electron chi connectivity index (χ2n) is 4.90. The van der Waals surface area contributed by atoms with Crippen molar-refractivity contribution in [2.75, 3.05) is 0 Å². The molecule has 0 radical (unpaired) electrons. The molecule has 0 aliphatic rings. The minimum atomic E-state index is 0.476. The molecule has 0 aliphatic carbocycles. The number of hydrogen-bond donors (Lipinski definition) is 1. The molecule has 96 valence electrons. The summed E-state index contributed by atoms with van der Waals surface area (Å²) in [7, 11) is 2.05. The molecular formula is C15H21N3. The number of aromatic nitrogens is 2. The lowest BCUT2D eigenvalue weighted by Gasteiger charge is -2.13. The average Bonchev–Trinajstić information content (AvgIpc) is 2.63. The van der Waals surface area contributed by atoms with E-state index in [1.165, 1.54) is 22.3 Å². The quantitative estimate of drug-likeness (QED) is 0.881. The number of imidazole rings is 1. The summed E-state index contributed by atoms with van der Waals surface area (Å²) in [6.07, 6.45) is 0. The van der Waals surface area contributed by atoms with Gasteiger partial charge in [0.2, 0.25) is 0 Å². The van der Waals surface area contributed by atoms with Gasteiger partial charge in [-0.25, -0.2) is 4.98 Å². The van der Waals surface area contributed by atoms with Gasteiger partial charge in [0.25, 0.3) is 0 Å². The topological polar surface area (TPSA) is 43.8 Å². The van der Waals surface area contributed by atoms with Gasteiger partial charge in [-0.2, -0.15) is 0 Å². The van der Waals surface area contributed by atoms with Crippen molar-refractivity contribution in [1.29, 1.82) is 0 Å². The Morgan fingerprint density at radius 2 is 1.78 bits per heavy atom. The monoisotopic (exact) mass is 243 g/mol. The lowest BCUT2D eigenvalue weighted by Crippen LogP contribution is -2.02. The molecular weight excluding hydrogens is 222 g/mol. The fraction of sp³-hybridized carbons (Fsp3) is 0.400. The fourth-order valence-corrected chi connectivity index (χ4v) is 2.37. The first kappa shape index (κ1) is 12.8. The van der Waals surface area contributed by atoms with Crippen LogP contribution in [-0.4, -0.2) is 9.55 Å². The average molecular weight is 243 g/mol. The van der Waals surface area contributed by atoms with Crippen molar-refractivity contribution in [2.45, 2.75) is 34.2 Å². The van der Waals surface area contributed by atoms with Gasteiger partial charge in [0.05, 0.1) is 11.4 Å². The molecule has 2 aromatic rings. The molecule has 1 aromatic heterocycles. The van der Waals surface area contributed by atoms with Gasteiger partial charge >= 0.3 is 0 Å². The number of nitrogens with two attached hydrogens (primary N) is 1. The highest BCUT2D eigenvalue weighted by molar-refractivity contribution is 5.69. The van der Waals surface area contributed by atoms with Crippen LogP contribution < -0.4 is 5.73 Å². The van der Waals surface area contributed by atoms with E-state index < -0.39 is 0 Å². The summed E-state index contributed by atoms with van der Waals surface area (Å²) in [6, 6.07) is 4.34. The van der Waals surface area contributed by atoms with Crippen molar-refractivity contribution in [1.82, 2.24) is 9.55 Å². The normalized spacial score (nSPS) is 11.0. The van der Waals surface area contributed by atoms with Crippen LogP contribution in [0.3, 0.4) is 0 Å². The fourth-order valence-electron chi connectivity index (χ4n) is 2.37. The molecule has 2 N–H and O–H groups in total. The van der Waals surface area contributed by atoms with Crippen LogP contribution in [0.2, 0.25) is 0 Å². The molecule has 2 rings (SSSR count). The minimum Gasteiger partial charge on any atom is -0.331 e. The van der Waals surface area contributed by atoms with Gasteiger partial charge < -0.3 is 10.3 Å². The molecule has 1 heterocycles. The summed E-state index contributed by atoms with van der Waals surface area (Å²) in [5.41, 5.74) is 13.2. The summed E-state index contributed by atoms with van der Waals surface area (Å²) < 4.78 is 2.12. The van der Waals surface area contributed by atoms with Crippen LogP contribution in [0.25, 0.3) is 11.3 Å². The predicted octanol–water partition coefficient (Wildman–Crippen LogP) is 2.78. The van der Waals surface area contributed by atoms with E-state index in [2.05, 4.69) is 42.5 Å². The number of benzene rings is 1. The van der Waals surface area contributed by atoms with Crippen LogP contribution in [0.15, 0.2) is 12.1 Å². The van der Waals surface area contributed by atoms with Gasteiger partial charge in [-0.1, -0.05) is 12.1 Å². The standard InChI is InChI=1S/C15H21N3/c1-9-6-7-13(11(3)10(9)2)15-14(8-16)17-12(4)18(15)5/h6-7H,8,16H2,1-5H3. The van der Waals surface area contributed by atoms with Crippen molar-refractivity contribution >= 4 is 0 Å². The molecule has 0 spiro atoms. The van der Waals surface area contributed by atoms with E-state index in [-0.39, 0.29) is 0 Å². The lowest BCUT2D eigenvalue weighted by molar-refractivity contribution is 0.864. The molecule has 3 heteroatoms. The highest BCUT2D eigenvalue weighted by Crippen LogP contribution is 2.30. The van der Waals surface area contributed by atoms with E-state index >= 15 is 0 Å². The Kier molecular flexibility index (Phi) is 3.26. The minimum absolute atomic E-state index is 0.476. The molecule has 0 saturated heterocycles. The smallest absolute Gasteiger partial charge is 0.106 e. The van der Waals surface area contributed by atoms with Gasteiger partial charge in [0.1, 0.15) is 5.82 Å². The summed E-state index contributed by atoms with van der Waals surface area (Å²) in [5, 5.41) is 0. The Hall–Kier alpha value is -1.61. The van der Waals surface area contributed by atoms with Crippen LogP contribution >= 0.6 is 0 Å². The van der Waals surface area contributed by atoms with Gasteiger partial charge in [-0.05, 0) is 44.4 Å². The maximum atomic E-state index is 5.81. The first-order valence-corrected chi connectivity index (χ1v) is 6.26. The number of rotatable bonds is 2. The molecule has 18 heavy (non-hydrogen) atoms. The maximum Gasteiger partial charge on any atom is 0.106 e. The number of nitrogens with zero attached hydrogens (tertiary/aromatic N) is 2. The van der Waals surface area contributed by atoms with E-state index in [4.69, 9.17) is 5.73 Å². The van der Waals surface area contributed by atoms with Crippen LogP contribution in [0.1, 0.15) is 28.2 Å². The van der Waals surface area contributed by atoms with E-state index in [0.29, 0.717) is 6.54 Å². The summed E-state index contributed by atoms with van der Waals surface area (Å²) >= 11 is 0. The highest BCUT2D eigenvalue weighted by Gasteiger charge is 2.16. The molecule has 0 atom stereocenters. The van der Waals surface area contributed by atoms with E-state index in [9.17, 15) is 0 Å². The summed E-state index contributed by atoms with van der Waals surface area (Å²) in [6.45, 7) is 8.96. The molecule has 3 nitrogen and oxygen atoms in total. The Balaban J connectivity index is 2.73. The molecule has 0 unspecified atom stereocenters. The van der Waals surface area contributed by atoms with Crippen molar-refractivity contribution < 1.29 is 0 Å². The molecule has 0 bridgehead atoms. The Labute approximate surface area is 109 Å². The molecule has 0 saturated carbocycles. The van der Waals surface area contributed by atoms with Gasteiger partial charge in [-0.3, -0.25) is 0 Å². The first-order valence-electron chi connectivity index (χ1n) is 6.26. The highest BCUT2D eigenvalue weighted by atomic mass is 15.1. The summed E-state index contributed by atoms with van der Waals surface area (Å²) in [5.74, 6) is 1.00. The number of aryl methyl sites for hydroxylation is 2. The Bertz CT molecular complexity index is 594. The lowest BCUT2D eigenvalue weighted by atomic mass is 9.96. The SMILES string of the molecule is Cc1ccc(-c2c(CN)nc(C)n2C)c(C)c1C.